The summed E-state index contributed by atoms with van der Waals surface area (Å²) in [5, 5.41) is 6.30. The van der Waals surface area contributed by atoms with E-state index in [0.717, 1.165) is 45.1 Å². The second-order valence-corrected chi connectivity index (χ2v) is 7.90. The summed E-state index contributed by atoms with van der Waals surface area (Å²) in [5.41, 5.74) is 0.543. The molecule has 1 aromatic carbocycles. The van der Waals surface area contributed by atoms with Crippen molar-refractivity contribution in [3.8, 4) is 11.5 Å². The molecule has 152 valence electrons. The van der Waals surface area contributed by atoms with Crippen LogP contribution in [0.15, 0.2) is 18.2 Å². The predicted octanol–water partition coefficient (Wildman–Crippen LogP) is 1.71. The smallest absolute Gasteiger partial charge is 0.255 e. The van der Waals surface area contributed by atoms with Crippen LogP contribution in [-0.4, -0.2) is 61.6 Å². The van der Waals surface area contributed by atoms with Gasteiger partial charge in [-0.05, 0) is 44.4 Å². The number of amides is 2. The molecule has 1 aromatic rings. The molecule has 0 bridgehead atoms. The van der Waals surface area contributed by atoms with Gasteiger partial charge < -0.3 is 25.0 Å². The average molecular weight is 387 g/mol. The summed E-state index contributed by atoms with van der Waals surface area (Å²) >= 11 is 0. The fourth-order valence-corrected chi connectivity index (χ4v) is 3.89. The largest absolute Gasteiger partial charge is 0.497 e. The van der Waals surface area contributed by atoms with Crippen molar-refractivity contribution in [2.24, 2.45) is 0 Å². The van der Waals surface area contributed by atoms with E-state index < -0.39 is 0 Å². The quantitative estimate of drug-likeness (QED) is 0.777. The number of benzene rings is 1. The van der Waals surface area contributed by atoms with E-state index in [9.17, 15) is 9.59 Å². The van der Waals surface area contributed by atoms with Crippen molar-refractivity contribution in [2.75, 3.05) is 26.7 Å². The summed E-state index contributed by atoms with van der Waals surface area (Å²) in [6.07, 6.45) is 5.59. The summed E-state index contributed by atoms with van der Waals surface area (Å²) < 4.78 is 11.5. The summed E-state index contributed by atoms with van der Waals surface area (Å²) in [7, 11) is 1.60. The maximum atomic E-state index is 12.6. The highest BCUT2D eigenvalue weighted by Crippen LogP contribution is 2.29. The first kappa shape index (κ1) is 19.1. The zero-order chi connectivity index (χ0) is 19.5. The molecule has 2 N–H and O–H groups in total. The van der Waals surface area contributed by atoms with Crippen molar-refractivity contribution in [1.29, 1.82) is 0 Å². The Bertz CT molecular complexity index is 720. The second kappa shape index (κ2) is 8.39. The van der Waals surface area contributed by atoms with E-state index in [1.54, 1.807) is 25.3 Å². The van der Waals surface area contributed by atoms with Crippen LogP contribution in [0.1, 0.15) is 48.9 Å². The lowest BCUT2D eigenvalue weighted by Gasteiger charge is -2.34. The van der Waals surface area contributed by atoms with Gasteiger partial charge in [0.25, 0.3) is 5.91 Å². The van der Waals surface area contributed by atoms with E-state index in [-0.39, 0.29) is 24.0 Å². The van der Waals surface area contributed by atoms with Crippen LogP contribution >= 0.6 is 0 Å². The molecule has 4 rings (SSSR count). The number of nitrogens with one attached hydrogen (secondary N) is 2. The van der Waals surface area contributed by atoms with Crippen molar-refractivity contribution in [2.45, 2.75) is 56.7 Å². The Labute approximate surface area is 165 Å². The van der Waals surface area contributed by atoms with Crippen LogP contribution in [0.2, 0.25) is 0 Å². The van der Waals surface area contributed by atoms with E-state index >= 15 is 0 Å². The molecule has 1 unspecified atom stereocenters. The van der Waals surface area contributed by atoms with Gasteiger partial charge in [-0.15, -0.1) is 0 Å². The Balaban J connectivity index is 1.38. The number of piperidine rings is 1. The molecule has 1 atom stereocenters. The highest BCUT2D eigenvalue weighted by molar-refractivity contribution is 5.97. The first-order chi connectivity index (χ1) is 13.6. The Hall–Kier alpha value is -2.28. The molecule has 0 spiro atoms. The van der Waals surface area contributed by atoms with Crippen molar-refractivity contribution < 1.29 is 19.1 Å². The molecule has 2 amide bonds. The molecule has 2 aliphatic heterocycles. The highest BCUT2D eigenvalue weighted by Gasteiger charge is 2.31. The first-order valence-corrected chi connectivity index (χ1v) is 10.3. The zero-order valence-corrected chi connectivity index (χ0v) is 16.4. The number of hydrogen-bond donors (Lipinski definition) is 2. The Morgan fingerprint density at radius 1 is 1.14 bits per heavy atom. The molecule has 3 fully saturated rings. The predicted molar refractivity (Wildman–Crippen MR) is 105 cm³/mol. The van der Waals surface area contributed by atoms with Crippen molar-refractivity contribution in [3.05, 3.63) is 23.8 Å². The monoisotopic (exact) mass is 387 g/mol. The second-order valence-electron chi connectivity index (χ2n) is 7.90. The normalized spacial score (nSPS) is 22.8. The van der Waals surface area contributed by atoms with Gasteiger partial charge in [-0.25, -0.2) is 0 Å². The van der Waals surface area contributed by atoms with Gasteiger partial charge in [0.05, 0.1) is 18.7 Å². The van der Waals surface area contributed by atoms with Crippen LogP contribution < -0.4 is 20.1 Å². The highest BCUT2D eigenvalue weighted by atomic mass is 16.5. The molecule has 7 heteroatoms. The van der Waals surface area contributed by atoms with Crippen LogP contribution in [-0.2, 0) is 4.79 Å². The van der Waals surface area contributed by atoms with Crippen LogP contribution in [0.3, 0.4) is 0 Å². The minimum absolute atomic E-state index is 0.0137. The van der Waals surface area contributed by atoms with E-state index in [1.165, 1.54) is 0 Å². The zero-order valence-electron chi connectivity index (χ0n) is 16.4. The van der Waals surface area contributed by atoms with Crippen molar-refractivity contribution >= 4 is 11.8 Å². The summed E-state index contributed by atoms with van der Waals surface area (Å²) in [6, 6.07) is 5.59. The van der Waals surface area contributed by atoms with Gasteiger partial charge in [-0.3, -0.25) is 9.59 Å². The summed E-state index contributed by atoms with van der Waals surface area (Å²) in [4.78, 5) is 27.0. The SMILES string of the molecule is COc1ccc(C(=O)NC2CC2)c(OC2CCN(C(=O)C3CCCN3)CC2)c1. The molecule has 7 nitrogen and oxygen atoms in total. The van der Waals surface area contributed by atoms with E-state index in [0.29, 0.717) is 36.2 Å². The maximum Gasteiger partial charge on any atom is 0.255 e. The molecular formula is C21H29N3O4. The van der Waals surface area contributed by atoms with Crippen LogP contribution in [0.5, 0.6) is 11.5 Å². The number of methoxy groups -OCH3 is 1. The molecule has 0 aromatic heterocycles. The van der Waals surface area contributed by atoms with E-state index in [2.05, 4.69) is 10.6 Å². The minimum atomic E-state index is -0.0972. The first-order valence-electron chi connectivity index (χ1n) is 10.3. The number of carbonyl (C=O) groups excluding carboxylic acids is 2. The molecule has 28 heavy (non-hydrogen) atoms. The molecule has 1 saturated carbocycles. The third kappa shape index (κ3) is 4.41. The third-order valence-electron chi connectivity index (χ3n) is 5.75. The Kier molecular flexibility index (Phi) is 5.71. The molecule has 2 heterocycles. The van der Waals surface area contributed by atoms with Gasteiger partial charge in [0.2, 0.25) is 5.91 Å². The van der Waals surface area contributed by atoms with Crippen molar-refractivity contribution in [1.82, 2.24) is 15.5 Å². The number of nitrogens with zero attached hydrogens (tertiary/aromatic N) is 1. The average Bonchev–Trinajstić information content (AvgIpc) is 3.36. The number of carbonyl (C=O) groups is 2. The standard InChI is InChI=1S/C21H29N3O4/c1-27-16-6-7-17(20(25)23-14-4-5-14)19(13-16)28-15-8-11-24(12-9-15)21(26)18-3-2-10-22-18/h6-7,13-15,18,22H,2-5,8-12H2,1H3,(H,23,25). The lowest BCUT2D eigenvalue weighted by molar-refractivity contribution is -0.134. The van der Waals surface area contributed by atoms with Gasteiger partial charge in [-0.1, -0.05) is 0 Å². The maximum absolute atomic E-state index is 12.6. The minimum Gasteiger partial charge on any atom is -0.497 e. The van der Waals surface area contributed by atoms with Gasteiger partial charge in [0, 0.05) is 38.0 Å². The van der Waals surface area contributed by atoms with E-state index in [1.807, 2.05) is 4.90 Å². The topological polar surface area (TPSA) is 79.9 Å². The van der Waals surface area contributed by atoms with Crippen molar-refractivity contribution in [3.63, 3.8) is 0 Å². The molecule has 3 aliphatic rings. The van der Waals surface area contributed by atoms with Gasteiger partial charge in [0.1, 0.15) is 17.6 Å². The fraction of sp³-hybridized carbons (Fsp3) is 0.619. The fourth-order valence-electron chi connectivity index (χ4n) is 3.89. The Morgan fingerprint density at radius 2 is 1.93 bits per heavy atom. The third-order valence-corrected chi connectivity index (χ3v) is 5.75. The van der Waals surface area contributed by atoms with Crippen LogP contribution in [0, 0.1) is 0 Å². The van der Waals surface area contributed by atoms with Gasteiger partial charge >= 0.3 is 0 Å². The molecule has 0 radical (unpaired) electrons. The summed E-state index contributed by atoms with van der Waals surface area (Å²) in [6.45, 7) is 2.31. The van der Waals surface area contributed by atoms with Gasteiger partial charge in [-0.2, -0.15) is 0 Å². The summed E-state index contributed by atoms with van der Waals surface area (Å²) in [5.74, 6) is 1.33. The number of likely N-dealkylation sites (tertiary alicyclic amines) is 1. The number of rotatable bonds is 6. The molecule has 1 aliphatic carbocycles. The van der Waals surface area contributed by atoms with E-state index in [4.69, 9.17) is 9.47 Å². The Morgan fingerprint density at radius 3 is 2.57 bits per heavy atom. The molecular weight excluding hydrogens is 358 g/mol. The van der Waals surface area contributed by atoms with Crippen LogP contribution in [0.4, 0.5) is 0 Å². The lowest BCUT2D eigenvalue weighted by Crippen LogP contribution is -2.48. The van der Waals surface area contributed by atoms with Gasteiger partial charge in [0.15, 0.2) is 0 Å². The lowest BCUT2D eigenvalue weighted by atomic mass is 10.1. The molecule has 2 saturated heterocycles. The number of ether oxygens (including phenoxy) is 2. The van der Waals surface area contributed by atoms with Crippen LogP contribution in [0.25, 0.3) is 0 Å². The number of hydrogen-bond acceptors (Lipinski definition) is 5.